The fourth-order valence-corrected chi connectivity index (χ4v) is 1.88. The van der Waals surface area contributed by atoms with E-state index < -0.39 is 0 Å². The molecule has 0 saturated carbocycles. The second-order valence-electron chi connectivity index (χ2n) is 3.59. The molecule has 15 heavy (non-hydrogen) atoms. The van der Waals surface area contributed by atoms with Crippen molar-refractivity contribution in [2.45, 2.75) is 20.4 Å². The number of hydrogen-bond acceptors (Lipinski definition) is 1. The smallest absolute Gasteiger partial charge is 0.292 e. The van der Waals surface area contributed by atoms with Crippen LogP contribution in [0.15, 0.2) is 35.6 Å². The van der Waals surface area contributed by atoms with E-state index in [0.717, 1.165) is 16.7 Å². The molecule has 3 heteroatoms. The molecule has 0 fully saturated rings. The van der Waals surface area contributed by atoms with Gasteiger partial charge in [0, 0.05) is 12.2 Å². The predicted octanol–water partition coefficient (Wildman–Crippen LogP) is 2.31. The molecule has 0 aliphatic carbocycles. The Morgan fingerprint density at radius 2 is 1.93 bits per heavy atom. The van der Waals surface area contributed by atoms with E-state index in [1.807, 2.05) is 38.1 Å². The van der Waals surface area contributed by atoms with Gasteiger partial charge in [-0.25, -0.2) is 4.79 Å². The average molecular weight is 202 g/mol. The summed E-state index contributed by atoms with van der Waals surface area (Å²) in [5, 5.41) is 0. The molecule has 0 spiro atoms. The zero-order valence-corrected chi connectivity index (χ0v) is 9.03. The largest absolute Gasteiger partial charge is 0.333 e. The minimum Gasteiger partial charge on any atom is -0.292 e. The molecule has 1 aromatic heterocycles. The Kier molecular flexibility index (Phi) is 2.23. The van der Waals surface area contributed by atoms with Gasteiger partial charge in [-0.15, -0.1) is 0 Å². The van der Waals surface area contributed by atoms with Crippen molar-refractivity contribution in [3.63, 3.8) is 0 Å². The third-order valence-electron chi connectivity index (χ3n) is 2.53. The molecule has 0 aliphatic rings. The first-order valence-electron chi connectivity index (χ1n) is 5.03. The van der Waals surface area contributed by atoms with Gasteiger partial charge >= 0.3 is 5.69 Å². The summed E-state index contributed by atoms with van der Waals surface area (Å²) in [5.74, 6) is 0. The van der Waals surface area contributed by atoms with Crippen LogP contribution in [-0.2, 0) is 6.54 Å². The molecular formula is C12H14N2O. The van der Waals surface area contributed by atoms with Crippen LogP contribution in [0.4, 0.5) is 0 Å². The standard InChI is InChI=1S/C12H14N2O/c1-4-13-10-7-5-6-8-11(10)14(9(2)3)12(13)15/h5-8H,2,4H2,1,3H3. The minimum atomic E-state index is -0.00815. The van der Waals surface area contributed by atoms with Gasteiger partial charge in [-0.3, -0.25) is 9.13 Å². The van der Waals surface area contributed by atoms with Gasteiger partial charge < -0.3 is 0 Å². The Hall–Kier alpha value is -1.77. The zero-order valence-electron chi connectivity index (χ0n) is 9.03. The highest BCUT2D eigenvalue weighted by atomic mass is 16.1. The van der Waals surface area contributed by atoms with Crippen LogP contribution in [0, 0.1) is 0 Å². The van der Waals surface area contributed by atoms with E-state index in [-0.39, 0.29) is 5.69 Å². The molecule has 0 aliphatic heterocycles. The van der Waals surface area contributed by atoms with Crippen molar-refractivity contribution in [1.29, 1.82) is 0 Å². The fraction of sp³-hybridized carbons (Fsp3) is 0.250. The Labute approximate surface area is 88.3 Å². The van der Waals surface area contributed by atoms with Crippen LogP contribution < -0.4 is 5.69 Å². The maximum absolute atomic E-state index is 12.0. The first-order valence-corrected chi connectivity index (χ1v) is 5.03. The van der Waals surface area contributed by atoms with Crippen molar-refractivity contribution in [2.24, 2.45) is 0 Å². The van der Waals surface area contributed by atoms with Gasteiger partial charge in [-0.05, 0) is 26.0 Å². The topological polar surface area (TPSA) is 26.9 Å². The van der Waals surface area contributed by atoms with E-state index in [4.69, 9.17) is 0 Å². The zero-order chi connectivity index (χ0) is 11.0. The molecule has 0 saturated heterocycles. The monoisotopic (exact) mass is 202 g/mol. The Bertz CT molecular complexity index is 575. The van der Waals surface area contributed by atoms with Gasteiger partial charge in [0.05, 0.1) is 11.0 Å². The molecule has 0 radical (unpaired) electrons. The lowest BCUT2D eigenvalue weighted by molar-refractivity contribution is 0.736. The van der Waals surface area contributed by atoms with Gasteiger partial charge in [-0.1, -0.05) is 18.7 Å². The van der Waals surface area contributed by atoms with Crippen LogP contribution in [0.25, 0.3) is 16.7 Å². The highest BCUT2D eigenvalue weighted by Gasteiger charge is 2.10. The number of nitrogens with zero attached hydrogens (tertiary/aromatic N) is 2. The fourth-order valence-electron chi connectivity index (χ4n) is 1.88. The van der Waals surface area contributed by atoms with Gasteiger partial charge in [0.1, 0.15) is 0 Å². The Morgan fingerprint density at radius 1 is 1.33 bits per heavy atom. The van der Waals surface area contributed by atoms with Crippen LogP contribution >= 0.6 is 0 Å². The molecule has 1 heterocycles. The van der Waals surface area contributed by atoms with Crippen molar-refractivity contribution >= 4 is 16.7 Å². The predicted molar refractivity (Wildman–Crippen MR) is 62.9 cm³/mol. The summed E-state index contributed by atoms with van der Waals surface area (Å²) < 4.78 is 3.41. The van der Waals surface area contributed by atoms with Crippen LogP contribution in [0.3, 0.4) is 0 Å². The number of hydrogen-bond donors (Lipinski definition) is 0. The lowest BCUT2D eigenvalue weighted by Gasteiger charge is -1.99. The molecule has 2 rings (SSSR count). The number of fused-ring (bicyclic) bond motifs is 1. The van der Waals surface area contributed by atoms with Crippen LogP contribution in [0.1, 0.15) is 13.8 Å². The van der Waals surface area contributed by atoms with E-state index in [0.29, 0.717) is 6.54 Å². The summed E-state index contributed by atoms with van der Waals surface area (Å²) in [7, 11) is 0. The lowest BCUT2D eigenvalue weighted by Crippen LogP contribution is -2.22. The second-order valence-corrected chi connectivity index (χ2v) is 3.59. The van der Waals surface area contributed by atoms with Gasteiger partial charge in [0.25, 0.3) is 0 Å². The highest BCUT2D eigenvalue weighted by molar-refractivity contribution is 5.79. The van der Waals surface area contributed by atoms with E-state index in [9.17, 15) is 4.79 Å². The molecule has 1 aromatic carbocycles. The molecule has 0 N–H and O–H groups in total. The van der Waals surface area contributed by atoms with Gasteiger partial charge in [0.2, 0.25) is 0 Å². The first-order chi connectivity index (χ1) is 7.16. The number of rotatable bonds is 2. The number of benzene rings is 1. The Morgan fingerprint density at radius 3 is 2.47 bits per heavy atom. The normalized spacial score (nSPS) is 10.8. The maximum Gasteiger partial charge on any atom is 0.333 e. The van der Waals surface area contributed by atoms with E-state index in [1.165, 1.54) is 0 Å². The molecule has 3 nitrogen and oxygen atoms in total. The van der Waals surface area contributed by atoms with E-state index in [2.05, 4.69) is 6.58 Å². The van der Waals surface area contributed by atoms with Crippen molar-refractivity contribution in [3.05, 3.63) is 41.3 Å². The number of aromatic nitrogens is 2. The quantitative estimate of drug-likeness (QED) is 0.734. The van der Waals surface area contributed by atoms with Crippen LogP contribution in [0.5, 0.6) is 0 Å². The summed E-state index contributed by atoms with van der Waals surface area (Å²) in [5.41, 5.74) is 2.64. The summed E-state index contributed by atoms with van der Waals surface area (Å²) in [4.78, 5) is 12.0. The van der Waals surface area contributed by atoms with E-state index in [1.54, 1.807) is 9.13 Å². The molecule has 78 valence electrons. The SMILES string of the molecule is C=C(C)n1c(=O)n(CC)c2ccccc21. The Balaban J connectivity index is 2.98. The minimum absolute atomic E-state index is 0.00815. The van der Waals surface area contributed by atoms with Crippen molar-refractivity contribution in [1.82, 2.24) is 9.13 Å². The summed E-state index contributed by atoms with van der Waals surface area (Å²) >= 11 is 0. The number of aryl methyl sites for hydroxylation is 1. The number of allylic oxidation sites excluding steroid dienone is 1. The highest BCUT2D eigenvalue weighted by Crippen LogP contribution is 2.15. The average Bonchev–Trinajstić information content (AvgIpc) is 2.49. The number of para-hydroxylation sites is 2. The summed E-state index contributed by atoms with van der Waals surface area (Å²) in [6.45, 7) is 8.32. The van der Waals surface area contributed by atoms with E-state index >= 15 is 0 Å². The third kappa shape index (κ3) is 1.31. The van der Waals surface area contributed by atoms with Crippen molar-refractivity contribution in [2.75, 3.05) is 0 Å². The molecule has 2 aromatic rings. The molecular weight excluding hydrogens is 188 g/mol. The van der Waals surface area contributed by atoms with Crippen molar-refractivity contribution in [3.8, 4) is 0 Å². The molecule has 0 unspecified atom stereocenters. The second kappa shape index (κ2) is 3.42. The third-order valence-corrected chi connectivity index (χ3v) is 2.53. The maximum atomic E-state index is 12.0. The molecule has 0 amide bonds. The van der Waals surface area contributed by atoms with Gasteiger partial charge in [-0.2, -0.15) is 0 Å². The molecule has 0 bridgehead atoms. The summed E-state index contributed by atoms with van der Waals surface area (Å²) in [6.07, 6.45) is 0. The van der Waals surface area contributed by atoms with Gasteiger partial charge in [0.15, 0.2) is 0 Å². The number of imidazole rings is 1. The van der Waals surface area contributed by atoms with Crippen LogP contribution in [-0.4, -0.2) is 9.13 Å². The van der Waals surface area contributed by atoms with Crippen LogP contribution in [0.2, 0.25) is 0 Å². The first kappa shape index (κ1) is 9.77. The van der Waals surface area contributed by atoms with Crippen molar-refractivity contribution < 1.29 is 0 Å². The summed E-state index contributed by atoms with van der Waals surface area (Å²) in [6, 6.07) is 7.77. The lowest BCUT2D eigenvalue weighted by atomic mass is 10.3. The molecule has 0 atom stereocenters.